The molecule has 194 valence electrons. The van der Waals surface area contributed by atoms with Gasteiger partial charge in [-0.25, -0.2) is 4.68 Å². The van der Waals surface area contributed by atoms with Crippen molar-refractivity contribution in [2.24, 2.45) is 5.92 Å². The maximum absolute atomic E-state index is 12.0. The number of aromatic nitrogens is 2. The summed E-state index contributed by atoms with van der Waals surface area (Å²) in [6.07, 6.45) is 6.12. The Morgan fingerprint density at radius 3 is 1.83 bits per heavy atom. The van der Waals surface area contributed by atoms with E-state index in [2.05, 4.69) is 25.9 Å². The molecule has 2 aromatic carbocycles. The van der Waals surface area contributed by atoms with E-state index in [0.29, 0.717) is 13.0 Å². The van der Waals surface area contributed by atoms with Gasteiger partial charge in [0, 0.05) is 18.1 Å². The molecule has 0 radical (unpaired) electrons. The topological polar surface area (TPSA) is 69.0 Å². The zero-order valence-electron chi connectivity index (χ0n) is 22.8. The van der Waals surface area contributed by atoms with Crippen LogP contribution in [-0.2, 0) is 22.6 Å². The van der Waals surface area contributed by atoms with E-state index in [9.17, 15) is 14.4 Å². The van der Waals surface area contributed by atoms with Gasteiger partial charge in [0.25, 0.3) is 5.56 Å². The van der Waals surface area contributed by atoms with Gasteiger partial charge in [-0.05, 0) is 43.9 Å². The lowest BCUT2D eigenvalue weighted by Gasteiger charge is -2.08. The lowest BCUT2D eigenvalue weighted by Crippen LogP contribution is -2.22. The Hall–Kier alpha value is -3.34. The van der Waals surface area contributed by atoms with E-state index in [1.54, 1.807) is 13.0 Å². The monoisotopic (exact) mass is 490 g/mol. The van der Waals surface area contributed by atoms with Crippen molar-refractivity contribution in [2.75, 3.05) is 0 Å². The first kappa shape index (κ1) is 30.7. The molecule has 5 nitrogen and oxygen atoms in total. The fourth-order valence-electron chi connectivity index (χ4n) is 3.08. The summed E-state index contributed by atoms with van der Waals surface area (Å²) in [6, 6.07) is 20.7. The maximum atomic E-state index is 12.0. The van der Waals surface area contributed by atoms with Crippen molar-refractivity contribution in [3.8, 4) is 11.3 Å². The standard InChI is InChI=1S/C20H18N2O2.C5H10.C3H6O.C3H8/c1-15(23)13-16-7-9-18(10-8-16)19-11-12-20(24)22(21-19)14-17-5-3-2-4-6-17;1-2-5-3-4-5;1-3(2)4;1-3-2/h2-12H,13-14H2,1H3;5H,2-4H2,1H3;1-2H3;3H2,1-2H3. The Labute approximate surface area is 216 Å². The predicted octanol–water partition coefficient (Wildman–Crippen LogP) is 6.91. The van der Waals surface area contributed by atoms with Gasteiger partial charge in [0.1, 0.15) is 11.6 Å². The molecule has 0 N–H and O–H groups in total. The molecule has 1 saturated carbocycles. The first-order chi connectivity index (χ1) is 17.2. The predicted molar refractivity (Wildman–Crippen MR) is 149 cm³/mol. The summed E-state index contributed by atoms with van der Waals surface area (Å²) in [7, 11) is 0. The minimum atomic E-state index is -0.129. The van der Waals surface area contributed by atoms with E-state index in [1.165, 1.54) is 50.3 Å². The molecule has 0 saturated heterocycles. The minimum absolute atomic E-state index is 0.129. The fourth-order valence-corrected chi connectivity index (χ4v) is 3.08. The lowest BCUT2D eigenvalue weighted by molar-refractivity contribution is -0.116. The summed E-state index contributed by atoms with van der Waals surface area (Å²) < 4.78 is 1.47. The Balaban J connectivity index is 0.000000447. The number of hydrogen-bond acceptors (Lipinski definition) is 4. The lowest BCUT2D eigenvalue weighted by atomic mass is 10.1. The molecule has 1 aliphatic carbocycles. The first-order valence-corrected chi connectivity index (χ1v) is 12.9. The number of Topliss-reactive ketones (excluding diaryl/α,β-unsaturated/α-hetero) is 2. The van der Waals surface area contributed by atoms with E-state index in [1.807, 2.05) is 54.6 Å². The summed E-state index contributed by atoms with van der Waals surface area (Å²) in [5.41, 5.74) is 3.53. The number of nitrogens with zero attached hydrogens (tertiary/aromatic N) is 2. The van der Waals surface area contributed by atoms with Crippen LogP contribution in [-0.4, -0.2) is 21.3 Å². The molecule has 0 bridgehead atoms. The van der Waals surface area contributed by atoms with Crippen molar-refractivity contribution in [2.45, 2.75) is 80.2 Å². The van der Waals surface area contributed by atoms with Crippen LogP contribution in [0.5, 0.6) is 0 Å². The van der Waals surface area contributed by atoms with Crippen LogP contribution in [0.25, 0.3) is 11.3 Å². The highest BCUT2D eigenvalue weighted by molar-refractivity contribution is 5.78. The van der Waals surface area contributed by atoms with Gasteiger partial charge in [-0.15, -0.1) is 0 Å². The van der Waals surface area contributed by atoms with Gasteiger partial charge < -0.3 is 4.79 Å². The second-order valence-corrected chi connectivity index (χ2v) is 9.24. The van der Waals surface area contributed by atoms with Crippen LogP contribution in [0, 0.1) is 5.92 Å². The molecule has 3 aromatic rings. The molecule has 0 aliphatic heterocycles. The van der Waals surface area contributed by atoms with E-state index in [4.69, 9.17) is 0 Å². The van der Waals surface area contributed by atoms with Gasteiger partial charge in [-0.2, -0.15) is 5.10 Å². The van der Waals surface area contributed by atoms with Crippen molar-refractivity contribution in [3.05, 3.63) is 88.2 Å². The highest BCUT2D eigenvalue weighted by Crippen LogP contribution is 2.31. The molecule has 1 aliphatic rings. The average Bonchev–Trinajstić information content (AvgIpc) is 3.67. The second-order valence-electron chi connectivity index (χ2n) is 9.24. The molecule has 0 amide bonds. The van der Waals surface area contributed by atoms with Crippen LogP contribution in [0.4, 0.5) is 0 Å². The molecule has 5 heteroatoms. The fraction of sp³-hybridized carbons (Fsp3) is 0.419. The Bertz CT molecular complexity index is 1090. The SMILES string of the molecule is CC(=O)Cc1ccc(-c2ccc(=O)n(Cc3ccccc3)n2)cc1.CC(C)=O.CCC.CCC1CC1. The first-order valence-electron chi connectivity index (χ1n) is 12.9. The highest BCUT2D eigenvalue weighted by Gasteiger charge is 2.17. The molecule has 1 heterocycles. The summed E-state index contributed by atoms with van der Waals surface area (Å²) in [5, 5.41) is 4.47. The molecule has 4 rings (SSSR count). The van der Waals surface area contributed by atoms with Gasteiger partial charge in [0.15, 0.2) is 0 Å². The average molecular weight is 491 g/mol. The minimum Gasteiger partial charge on any atom is -0.300 e. The summed E-state index contributed by atoms with van der Waals surface area (Å²) in [6.45, 7) is 11.6. The Morgan fingerprint density at radius 1 is 0.833 bits per heavy atom. The highest BCUT2D eigenvalue weighted by atomic mass is 16.1. The third-order valence-electron chi connectivity index (χ3n) is 5.02. The normalized spacial score (nSPS) is 11.5. The second kappa shape index (κ2) is 17.1. The number of benzene rings is 2. The summed E-state index contributed by atoms with van der Waals surface area (Å²) >= 11 is 0. The van der Waals surface area contributed by atoms with Crippen LogP contribution in [0.3, 0.4) is 0 Å². The van der Waals surface area contributed by atoms with E-state index >= 15 is 0 Å². The van der Waals surface area contributed by atoms with Crippen LogP contribution in [0.15, 0.2) is 71.5 Å². The zero-order valence-corrected chi connectivity index (χ0v) is 22.8. The van der Waals surface area contributed by atoms with Crippen molar-refractivity contribution in [3.63, 3.8) is 0 Å². The van der Waals surface area contributed by atoms with E-state index in [-0.39, 0.29) is 17.1 Å². The molecule has 1 aromatic heterocycles. The van der Waals surface area contributed by atoms with Crippen LogP contribution >= 0.6 is 0 Å². The van der Waals surface area contributed by atoms with Crippen LogP contribution in [0.2, 0.25) is 0 Å². The summed E-state index contributed by atoms with van der Waals surface area (Å²) in [4.78, 5) is 32.7. The van der Waals surface area contributed by atoms with Gasteiger partial charge in [-0.3, -0.25) is 9.59 Å². The summed E-state index contributed by atoms with van der Waals surface area (Å²) in [5.74, 6) is 1.44. The number of rotatable bonds is 6. The Morgan fingerprint density at radius 2 is 1.39 bits per heavy atom. The quantitative estimate of drug-likeness (QED) is 0.376. The molecule has 0 spiro atoms. The number of carbonyl (C=O) groups is 2. The van der Waals surface area contributed by atoms with Gasteiger partial charge in [-0.1, -0.05) is 101 Å². The van der Waals surface area contributed by atoms with E-state index < -0.39 is 0 Å². The molecule has 0 atom stereocenters. The van der Waals surface area contributed by atoms with E-state index in [0.717, 1.165) is 28.3 Å². The van der Waals surface area contributed by atoms with Crippen molar-refractivity contribution in [1.29, 1.82) is 0 Å². The smallest absolute Gasteiger partial charge is 0.267 e. The number of hydrogen-bond donors (Lipinski definition) is 0. The molecule has 36 heavy (non-hydrogen) atoms. The zero-order chi connectivity index (χ0) is 26.9. The van der Waals surface area contributed by atoms with Crippen molar-refractivity contribution in [1.82, 2.24) is 9.78 Å². The van der Waals surface area contributed by atoms with Gasteiger partial charge in [0.2, 0.25) is 0 Å². The Kier molecular flexibility index (Phi) is 14.6. The third kappa shape index (κ3) is 13.5. The third-order valence-corrected chi connectivity index (χ3v) is 5.02. The van der Waals surface area contributed by atoms with Gasteiger partial charge in [0.05, 0.1) is 12.2 Å². The van der Waals surface area contributed by atoms with Crippen LogP contribution < -0.4 is 5.56 Å². The molecule has 0 unspecified atom stereocenters. The molecule has 1 fully saturated rings. The largest absolute Gasteiger partial charge is 0.300 e. The van der Waals surface area contributed by atoms with Crippen LogP contribution in [0.1, 0.15) is 78.4 Å². The number of ketones is 2. The van der Waals surface area contributed by atoms with Crippen molar-refractivity contribution < 1.29 is 9.59 Å². The maximum Gasteiger partial charge on any atom is 0.267 e. The van der Waals surface area contributed by atoms with Crippen molar-refractivity contribution >= 4 is 11.6 Å². The molecular formula is C31H42N2O3. The molecular weight excluding hydrogens is 448 g/mol. The number of carbonyl (C=O) groups excluding carboxylic acids is 2. The van der Waals surface area contributed by atoms with Gasteiger partial charge >= 0.3 is 0 Å².